The minimum Gasteiger partial charge on any atom is -0.372 e. The first-order valence-electron chi connectivity index (χ1n) is 9.42. The van der Waals surface area contributed by atoms with Gasteiger partial charge in [0, 0.05) is 45.4 Å². The Morgan fingerprint density at radius 1 is 1.09 bits per heavy atom. The summed E-state index contributed by atoms with van der Waals surface area (Å²) in [5, 5.41) is 0. The molecule has 0 bridgehead atoms. The van der Waals surface area contributed by atoms with Crippen LogP contribution in [0.4, 0.5) is 0 Å². The van der Waals surface area contributed by atoms with Crippen molar-refractivity contribution in [3.05, 3.63) is 0 Å². The van der Waals surface area contributed by atoms with Crippen LogP contribution < -0.4 is 0 Å². The Labute approximate surface area is 141 Å². The third-order valence-electron chi connectivity index (χ3n) is 5.19. The van der Waals surface area contributed by atoms with Gasteiger partial charge in [0.05, 0.1) is 0 Å². The standard InChI is InChI=1S/C18H35N3O2/c1-4-13-23-15-18(22)21-11-9-19(10-12-21)14-17-5-7-20(8-6-17)16(2)3/h16-17H,4-15H2,1-3H3. The Balaban J connectivity index is 1.62. The zero-order valence-corrected chi connectivity index (χ0v) is 15.3. The highest BCUT2D eigenvalue weighted by molar-refractivity contribution is 5.77. The van der Waals surface area contributed by atoms with Crippen molar-refractivity contribution in [3.63, 3.8) is 0 Å². The topological polar surface area (TPSA) is 36.0 Å². The molecule has 2 aliphatic heterocycles. The van der Waals surface area contributed by atoms with Crippen molar-refractivity contribution in [2.75, 3.05) is 59.0 Å². The Hall–Kier alpha value is -0.650. The van der Waals surface area contributed by atoms with Gasteiger partial charge in [-0.15, -0.1) is 0 Å². The van der Waals surface area contributed by atoms with Crippen LogP contribution in [-0.2, 0) is 9.53 Å². The van der Waals surface area contributed by atoms with Gasteiger partial charge in [-0.25, -0.2) is 0 Å². The third kappa shape index (κ3) is 6.05. The van der Waals surface area contributed by atoms with Crippen LogP contribution in [0.3, 0.4) is 0 Å². The second-order valence-electron chi connectivity index (χ2n) is 7.31. The predicted molar refractivity (Wildman–Crippen MR) is 93.6 cm³/mol. The van der Waals surface area contributed by atoms with E-state index in [2.05, 4.69) is 30.6 Å². The highest BCUT2D eigenvalue weighted by Crippen LogP contribution is 2.20. The number of carbonyl (C=O) groups excluding carboxylic acids is 1. The Kier molecular flexibility index (Phi) is 7.80. The van der Waals surface area contributed by atoms with Crippen molar-refractivity contribution in [2.24, 2.45) is 5.92 Å². The fourth-order valence-corrected chi connectivity index (χ4v) is 3.59. The zero-order chi connectivity index (χ0) is 16.7. The number of likely N-dealkylation sites (tertiary alicyclic amines) is 1. The highest BCUT2D eigenvalue weighted by atomic mass is 16.5. The molecule has 2 heterocycles. The number of hydrogen-bond acceptors (Lipinski definition) is 4. The normalized spacial score (nSPS) is 22.0. The lowest BCUT2D eigenvalue weighted by Gasteiger charge is -2.39. The van der Waals surface area contributed by atoms with E-state index in [1.54, 1.807) is 0 Å². The number of piperazine rings is 1. The maximum absolute atomic E-state index is 12.0. The highest BCUT2D eigenvalue weighted by Gasteiger charge is 2.25. The average molecular weight is 325 g/mol. The van der Waals surface area contributed by atoms with Gasteiger partial charge in [0.15, 0.2) is 0 Å². The van der Waals surface area contributed by atoms with Crippen LogP contribution >= 0.6 is 0 Å². The number of carbonyl (C=O) groups is 1. The molecule has 5 heteroatoms. The van der Waals surface area contributed by atoms with Crippen LogP contribution in [-0.4, -0.2) is 85.7 Å². The fraction of sp³-hybridized carbons (Fsp3) is 0.944. The first-order chi connectivity index (χ1) is 11.1. The second kappa shape index (κ2) is 9.60. The van der Waals surface area contributed by atoms with Crippen molar-refractivity contribution in [2.45, 2.75) is 46.1 Å². The van der Waals surface area contributed by atoms with E-state index >= 15 is 0 Å². The van der Waals surface area contributed by atoms with Gasteiger partial charge < -0.3 is 14.5 Å². The Bertz CT molecular complexity index is 346. The summed E-state index contributed by atoms with van der Waals surface area (Å²) in [7, 11) is 0. The first kappa shape index (κ1) is 18.7. The average Bonchev–Trinajstić information content (AvgIpc) is 2.56. The quantitative estimate of drug-likeness (QED) is 0.667. The molecule has 0 N–H and O–H groups in total. The molecule has 23 heavy (non-hydrogen) atoms. The van der Waals surface area contributed by atoms with Crippen molar-refractivity contribution in [3.8, 4) is 0 Å². The van der Waals surface area contributed by atoms with Crippen molar-refractivity contribution in [1.29, 1.82) is 0 Å². The largest absolute Gasteiger partial charge is 0.372 e. The summed E-state index contributed by atoms with van der Waals surface area (Å²) in [6.07, 6.45) is 3.61. The maximum atomic E-state index is 12.0. The predicted octanol–water partition coefficient (Wildman–Crippen LogP) is 1.68. The molecule has 0 saturated carbocycles. The van der Waals surface area contributed by atoms with E-state index in [-0.39, 0.29) is 12.5 Å². The van der Waals surface area contributed by atoms with Gasteiger partial charge in [-0.3, -0.25) is 9.69 Å². The van der Waals surface area contributed by atoms with Gasteiger partial charge in [0.25, 0.3) is 0 Å². The van der Waals surface area contributed by atoms with E-state index < -0.39 is 0 Å². The van der Waals surface area contributed by atoms with E-state index in [1.165, 1.54) is 32.5 Å². The second-order valence-corrected chi connectivity index (χ2v) is 7.31. The molecule has 2 fully saturated rings. The lowest BCUT2D eigenvalue weighted by atomic mass is 9.95. The molecule has 0 spiro atoms. The minimum absolute atomic E-state index is 0.156. The molecule has 2 saturated heterocycles. The molecule has 2 rings (SSSR count). The monoisotopic (exact) mass is 325 g/mol. The third-order valence-corrected chi connectivity index (χ3v) is 5.19. The molecule has 0 aromatic rings. The van der Waals surface area contributed by atoms with E-state index in [0.717, 1.165) is 38.5 Å². The minimum atomic E-state index is 0.156. The summed E-state index contributed by atoms with van der Waals surface area (Å²) in [6, 6.07) is 0.681. The van der Waals surface area contributed by atoms with E-state index in [0.29, 0.717) is 12.6 Å². The summed E-state index contributed by atoms with van der Waals surface area (Å²) in [5.41, 5.74) is 0. The van der Waals surface area contributed by atoms with Gasteiger partial charge in [0.1, 0.15) is 6.61 Å². The van der Waals surface area contributed by atoms with Gasteiger partial charge in [-0.2, -0.15) is 0 Å². The van der Waals surface area contributed by atoms with Gasteiger partial charge >= 0.3 is 0 Å². The number of nitrogens with zero attached hydrogens (tertiary/aromatic N) is 3. The molecule has 0 unspecified atom stereocenters. The van der Waals surface area contributed by atoms with Crippen LogP contribution in [0.15, 0.2) is 0 Å². The molecule has 1 amide bonds. The van der Waals surface area contributed by atoms with E-state index in [4.69, 9.17) is 4.74 Å². The van der Waals surface area contributed by atoms with Gasteiger partial charge in [-0.1, -0.05) is 6.92 Å². The summed E-state index contributed by atoms with van der Waals surface area (Å²) >= 11 is 0. The Morgan fingerprint density at radius 2 is 1.74 bits per heavy atom. The molecule has 5 nitrogen and oxygen atoms in total. The smallest absolute Gasteiger partial charge is 0.248 e. The van der Waals surface area contributed by atoms with E-state index in [9.17, 15) is 4.79 Å². The number of rotatable bonds is 7. The van der Waals surface area contributed by atoms with Gasteiger partial charge in [0.2, 0.25) is 5.91 Å². The fourth-order valence-electron chi connectivity index (χ4n) is 3.59. The number of piperidine rings is 1. The zero-order valence-electron chi connectivity index (χ0n) is 15.3. The van der Waals surface area contributed by atoms with Crippen LogP contribution in [0.25, 0.3) is 0 Å². The van der Waals surface area contributed by atoms with E-state index in [1.807, 2.05) is 4.90 Å². The number of ether oxygens (including phenoxy) is 1. The molecule has 0 aromatic carbocycles. The van der Waals surface area contributed by atoms with Crippen LogP contribution in [0.2, 0.25) is 0 Å². The molecular weight excluding hydrogens is 290 g/mol. The number of hydrogen-bond donors (Lipinski definition) is 0. The number of amides is 1. The Morgan fingerprint density at radius 3 is 2.30 bits per heavy atom. The summed E-state index contributed by atoms with van der Waals surface area (Å²) < 4.78 is 5.37. The van der Waals surface area contributed by atoms with Crippen LogP contribution in [0.1, 0.15) is 40.0 Å². The SMILES string of the molecule is CCCOCC(=O)N1CCN(CC2CCN(C(C)C)CC2)CC1. The summed E-state index contributed by atoms with van der Waals surface area (Å²) in [4.78, 5) is 19.1. The molecular formula is C18H35N3O2. The van der Waals surface area contributed by atoms with Crippen LogP contribution in [0, 0.1) is 5.92 Å². The summed E-state index contributed by atoms with van der Waals surface area (Å²) in [6.45, 7) is 15.0. The first-order valence-corrected chi connectivity index (χ1v) is 9.42. The lowest BCUT2D eigenvalue weighted by molar-refractivity contribution is -0.138. The lowest BCUT2D eigenvalue weighted by Crippen LogP contribution is -2.51. The maximum Gasteiger partial charge on any atom is 0.248 e. The van der Waals surface area contributed by atoms with Gasteiger partial charge in [-0.05, 0) is 52.1 Å². The molecule has 0 atom stereocenters. The molecule has 0 radical (unpaired) electrons. The molecule has 2 aliphatic rings. The van der Waals surface area contributed by atoms with Crippen LogP contribution in [0.5, 0.6) is 0 Å². The van der Waals surface area contributed by atoms with Crippen molar-refractivity contribution >= 4 is 5.91 Å². The van der Waals surface area contributed by atoms with Crippen molar-refractivity contribution in [1.82, 2.24) is 14.7 Å². The van der Waals surface area contributed by atoms with Crippen molar-refractivity contribution < 1.29 is 9.53 Å². The molecule has 0 aliphatic carbocycles. The molecule has 0 aromatic heterocycles. The molecule has 134 valence electrons. The summed E-state index contributed by atoms with van der Waals surface area (Å²) in [5.74, 6) is 0.989.